The van der Waals surface area contributed by atoms with Crippen LogP contribution in [-0.2, 0) is 11.3 Å². The molecule has 0 spiro atoms. The van der Waals surface area contributed by atoms with Gasteiger partial charge in [0.2, 0.25) is 5.56 Å². The maximum Gasteiger partial charge on any atom is 0.339 e. The number of H-pyrrole nitrogens is 1. The SMILES string of the molecule is O=C(OCCn1cccn1)c1cc(=O)[nH]c2ccccc12. The van der Waals surface area contributed by atoms with E-state index in [4.69, 9.17) is 4.74 Å². The molecule has 6 heteroatoms. The summed E-state index contributed by atoms with van der Waals surface area (Å²) in [6.45, 7) is 0.668. The zero-order valence-electron chi connectivity index (χ0n) is 11.2. The van der Waals surface area contributed by atoms with Crippen LogP contribution in [0.4, 0.5) is 0 Å². The van der Waals surface area contributed by atoms with Gasteiger partial charge in [0, 0.05) is 29.4 Å². The summed E-state index contributed by atoms with van der Waals surface area (Å²) >= 11 is 0. The third-order valence-corrected chi connectivity index (χ3v) is 3.08. The quantitative estimate of drug-likeness (QED) is 0.737. The molecule has 6 nitrogen and oxygen atoms in total. The lowest BCUT2D eigenvalue weighted by atomic mass is 10.1. The van der Waals surface area contributed by atoms with Crippen molar-refractivity contribution in [1.82, 2.24) is 14.8 Å². The molecule has 0 radical (unpaired) electrons. The summed E-state index contributed by atoms with van der Waals surface area (Å²) in [5, 5.41) is 4.69. The highest BCUT2D eigenvalue weighted by Crippen LogP contribution is 2.15. The second kappa shape index (κ2) is 5.62. The monoisotopic (exact) mass is 283 g/mol. The number of rotatable bonds is 4. The number of aromatic nitrogens is 3. The van der Waals surface area contributed by atoms with Gasteiger partial charge in [0.1, 0.15) is 6.61 Å². The molecule has 0 bridgehead atoms. The number of ether oxygens (including phenoxy) is 1. The first-order valence-corrected chi connectivity index (χ1v) is 6.51. The Morgan fingerprint density at radius 1 is 1.29 bits per heavy atom. The van der Waals surface area contributed by atoms with Gasteiger partial charge in [-0.1, -0.05) is 18.2 Å². The van der Waals surface area contributed by atoms with Gasteiger partial charge in [0.25, 0.3) is 0 Å². The minimum Gasteiger partial charge on any atom is -0.460 e. The molecule has 2 heterocycles. The van der Waals surface area contributed by atoms with Crippen LogP contribution in [0.2, 0.25) is 0 Å². The minimum absolute atomic E-state index is 0.196. The van der Waals surface area contributed by atoms with Gasteiger partial charge in [0.05, 0.1) is 12.1 Å². The van der Waals surface area contributed by atoms with Crippen LogP contribution in [0.15, 0.2) is 53.6 Å². The van der Waals surface area contributed by atoms with Gasteiger partial charge in [-0.15, -0.1) is 0 Å². The Hall–Kier alpha value is -2.89. The van der Waals surface area contributed by atoms with Crippen molar-refractivity contribution < 1.29 is 9.53 Å². The predicted molar refractivity (Wildman–Crippen MR) is 77.1 cm³/mol. The van der Waals surface area contributed by atoms with Crippen molar-refractivity contribution in [2.75, 3.05) is 6.61 Å². The average Bonchev–Trinajstić information content (AvgIpc) is 2.99. The van der Waals surface area contributed by atoms with E-state index in [0.29, 0.717) is 17.4 Å². The Balaban J connectivity index is 1.79. The second-order valence-corrected chi connectivity index (χ2v) is 4.50. The van der Waals surface area contributed by atoms with Crippen molar-refractivity contribution >= 4 is 16.9 Å². The van der Waals surface area contributed by atoms with Crippen LogP contribution in [-0.4, -0.2) is 27.3 Å². The summed E-state index contributed by atoms with van der Waals surface area (Å²) in [6, 6.07) is 10.2. The molecule has 0 aliphatic carbocycles. The topological polar surface area (TPSA) is 77.0 Å². The number of esters is 1. The van der Waals surface area contributed by atoms with Gasteiger partial charge in [-0.05, 0) is 12.1 Å². The van der Waals surface area contributed by atoms with Crippen molar-refractivity contribution in [3.63, 3.8) is 0 Å². The standard InChI is InChI=1S/C15H13N3O3/c19-14-10-12(11-4-1-2-5-13(11)17-14)15(20)21-9-8-18-7-3-6-16-18/h1-7,10H,8-9H2,(H,17,19). The fraction of sp³-hybridized carbons (Fsp3) is 0.133. The van der Waals surface area contributed by atoms with Crippen LogP contribution in [0.1, 0.15) is 10.4 Å². The van der Waals surface area contributed by atoms with Crippen LogP contribution < -0.4 is 5.56 Å². The molecule has 1 aromatic carbocycles. The summed E-state index contributed by atoms with van der Waals surface area (Å²) in [5.74, 6) is -0.510. The summed E-state index contributed by atoms with van der Waals surface area (Å²) in [5.41, 5.74) is 0.562. The van der Waals surface area contributed by atoms with Crippen molar-refractivity contribution in [2.45, 2.75) is 6.54 Å². The highest BCUT2D eigenvalue weighted by molar-refractivity contribution is 6.03. The summed E-state index contributed by atoms with van der Waals surface area (Å²) in [4.78, 5) is 26.4. The van der Waals surface area contributed by atoms with E-state index in [1.807, 2.05) is 0 Å². The second-order valence-electron chi connectivity index (χ2n) is 4.50. The van der Waals surface area contributed by atoms with Crippen LogP contribution in [0, 0.1) is 0 Å². The fourth-order valence-corrected chi connectivity index (χ4v) is 2.12. The normalized spacial score (nSPS) is 10.7. The Bertz CT molecular complexity index is 822. The van der Waals surface area contributed by atoms with Crippen molar-refractivity contribution in [1.29, 1.82) is 0 Å². The number of carbonyl (C=O) groups excluding carboxylic acids is 1. The number of para-hydroxylation sites is 1. The number of fused-ring (bicyclic) bond motifs is 1. The highest BCUT2D eigenvalue weighted by atomic mass is 16.5. The van der Waals surface area contributed by atoms with Crippen molar-refractivity contribution in [2.24, 2.45) is 0 Å². The Labute approximate surface area is 120 Å². The largest absolute Gasteiger partial charge is 0.460 e. The number of hydrogen-bond donors (Lipinski definition) is 1. The molecule has 21 heavy (non-hydrogen) atoms. The Kier molecular flexibility index (Phi) is 3.51. The number of nitrogens with zero attached hydrogens (tertiary/aromatic N) is 2. The molecule has 0 amide bonds. The maximum atomic E-state index is 12.1. The molecule has 0 fully saturated rings. The molecule has 3 aromatic rings. The number of pyridine rings is 1. The van der Waals surface area contributed by atoms with E-state index in [-0.39, 0.29) is 17.7 Å². The first-order valence-electron chi connectivity index (χ1n) is 6.51. The summed E-state index contributed by atoms with van der Waals surface area (Å²) in [7, 11) is 0. The van der Waals surface area contributed by atoms with Gasteiger partial charge < -0.3 is 9.72 Å². The molecular formula is C15H13N3O3. The van der Waals surface area contributed by atoms with Gasteiger partial charge >= 0.3 is 5.97 Å². The third kappa shape index (κ3) is 2.84. The molecule has 0 aliphatic heterocycles. The molecular weight excluding hydrogens is 270 g/mol. The van der Waals surface area contributed by atoms with Crippen LogP contribution in [0.3, 0.4) is 0 Å². The van der Waals surface area contributed by atoms with E-state index in [1.54, 1.807) is 47.4 Å². The smallest absolute Gasteiger partial charge is 0.339 e. The number of benzene rings is 1. The first kappa shape index (κ1) is 13.1. The summed E-state index contributed by atoms with van der Waals surface area (Å²) < 4.78 is 6.88. The van der Waals surface area contributed by atoms with E-state index < -0.39 is 5.97 Å². The maximum absolute atomic E-state index is 12.1. The van der Waals surface area contributed by atoms with E-state index in [1.165, 1.54) is 6.07 Å². The van der Waals surface area contributed by atoms with E-state index in [2.05, 4.69) is 10.1 Å². The summed E-state index contributed by atoms with van der Waals surface area (Å²) in [6.07, 6.45) is 3.45. The zero-order chi connectivity index (χ0) is 14.7. The average molecular weight is 283 g/mol. The van der Waals surface area contributed by atoms with Gasteiger partial charge in [-0.25, -0.2) is 4.79 Å². The number of nitrogens with one attached hydrogen (secondary N) is 1. The first-order chi connectivity index (χ1) is 10.2. The Morgan fingerprint density at radius 3 is 2.95 bits per heavy atom. The number of hydrogen-bond acceptors (Lipinski definition) is 4. The molecule has 1 N–H and O–H groups in total. The van der Waals surface area contributed by atoms with Gasteiger partial charge in [-0.2, -0.15) is 5.10 Å². The fourth-order valence-electron chi connectivity index (χ4n) is 2.12. The zero-order valence-corrected chi connectivity index (χ0v) is 11.2. The van der Waals surface area contributed by atoms with E-state index >= 15 is 0 Å². The van der Waals surface area contributed by atoms with Gasteiger partial charge in [-0.3, -0.25) is 9.48 Å². The Morgan fingerprint density at radius 2 is 2.14 bits per heavy atom. The molecule has 3 rings (SSSR count). The van der Waals surface area contributed by atoms with Crippen molar-refractivity contribution in [3.05, 3.63) is 64.7 Å². The number of carbonyl (C=O) groups is 1. The molecule has 106 valence electrons. The third-order valence-electron chi connectivity index (χ3n) is 3.08. The van der Waals surface area contributed by atoms with Crippen LogP contribution in [0.5, 0.6) is 0 Å². The molecule has 0 atom stereocenters. The van der Waals surface area contributed by atoms with Crippen LogP contribution in [0.25, 0.3) is 10.9 Å². The molecule has 0 unspecified atom stereocenters. The molecule has 0 aliphatic rings. The molecule has 0 saturated carbocycles. The van der Waals surface area contributed by atoms with E-state index in [9.17, 15) is 9.59 Å². The van der Waals surface area contributed by atoms with Gasteiger partial charge in [0.15, 0.2) is 0 Å². The lowest BCUT2D eigenvalue weighted by molar-refractivity contribution is 0.0490. The predicted octanol–water partition coefficient (Wildman–Crippen LogP) is 1.58. The van der Waals surface area contributed by atoms with Crippen molar-refractivity contribution in [3.8, 4) is 0 Å². The lowest BCUT2D eigenvalue weighted by Crippen LogP contribution is -2.15. The van der Waals surface area contributed by atoms with Crippen LogP contribution >= 0.6 is 0 Å². The highest BCUT2D eigenvalue weighted by Gasteiger charge is 2.12. The van der Waals surface area contributed by atoms with E-state index in [0.717, 1.165) is 0 Å². The molecule has 0 saturated heterocycles. The minimum atomic E-state index is -0.510. The lowest BCUT2D eigenvalue weighted by Gasteiger charge is -2.07. The molecule has 2 aromatic heterocycles. The number of aromatic amines is 1.